The maximum absolute atomic E-state index is 6.05. The fourth-order valence-electron chi connectivity index (χ4n) is 2.49. The number of aromatic nitrogens is 2. The Balaban J connectivity index is 1.87. The highest BCUT2D eigenvalue weighted by Gasteiger charge is 2.07. The smallest absolute Gasteiger partial charge is 0.150 e. The van der Waals surface area contributed by atoms with Gasteiger partial charge in [-0.2, -0.15) is 5.10 Å². The molecule has 0 aliphatic heterocycles. The Labute approximate surface area is 147 Å². The summed E-state index contributed by atoms with van der Waals surface area (Å²) in [6, 6.07) is 17.7. The molecule has 0 fully saturated rings. The molecule has 0 atom stereocenters. The number of nitrogens with two attached hydrogens (primary N) is 1. The highest BCUT2D eigenvalue weighted by molar-refractivity contribution is 5.99. The summed E-state index contributed by atoms with van der Waals surface area (Å²) < 4.78 is 0. The van der Waals surface area contributed by atoms with Crippen LogP contribution in [0.4, 0.5) is 11.5 Å². The summed E-state index contributed by atoms with van der Waals surface area (Å²) in [4.78, 5) is 8.88. The first-order valence-corrected chi connectivity index (χ1v) is 8.11. The van der Waals surface area contributed by atoms with E-state index < -0.39 is 0 Å². The van der Waals surface area contributed by atoms with Crippen LogP contribution in [0.2, 0.25) is 0 Å². The van der Waals surface area contributed by atoms with Crippen molar-refractivity contribution in [2.45, 2.75) is 20.8 Å². The number of hydrogen-bond acceptors (Lipinski definition) is 5. The lowest BCUT2D eigenvalue weighted by atomic mass is 10.1. The summed E-state index contributed by atoms with van der Waals surface area (Å²) in [6.45, 7) is 5.88. The molecule has 0 saturated carbocycles. The van der Waals surface area contributed by atoms with E-state index in [1.165, 1.54) is 5.56 Å². The van der Waals surface area contributed by atoms with Gasteiger partial charge < -0.3 is 5.73 Å². The zero-order valence-corrected chi connectivity index (χ0v) is 14.6. The Bertz CT molecular complexity index is 914. The van der Waals surface area contributed by atoms with E-state index in [0.29, 0.717) is 17.3 Å². The van der Waals surface area contributed by atoms with Gasteiger partial charge in [-0.25, -0.2) is 9.97 Å². The van der Waals surface area contributed by atoms with Crippen molar-refractivity contribution in [1.82, 2.24) is 9.97 Å². The third-order valence-corrected chi connectivity index (χ3v) is 3.88. The minimum atomic E-state index is 0.636. The van der Waals surface area contributed by atoms with Crippen molar-refractivity contribution < 1.29 is 0 Å². The van der Waals surface area contributed by atoms with Gasteiger partial charge in [-0.1, -0.05) is 48.0 Å². The quantitative estimate of drug-likeness (QED) is 0.427. The van der Waals surface area contributed by atoms with Gasteiger partial charge in [0.15, 0.2) is 5.82 Å². The number of para-hydroxylation sites is 1. The standard InChI is InChI=1S/C20H21N5/c1-13-8-10-16(11-9-13)14(2)24-25-20-12-19(22-15(3)23-20)17-6-4-5-7-18(17)21/h4-12H,21H2,1-3H3,(H,22,23,25)/b24-14+. The van der Waals surface area contributed by atoms with Gasteiger partial charge in [0.05, 0.1) is 11.4 Å². The zero-order chi connectivity index (χ0) is 17.8. The van der Waals surface area contributed by atoms with Gasteiger partial charge in [-0.15, -0.1) is 0 Å². The monoisotopic (exact) mass is 331 g/mol. The van der Waals surface area contributed by atoms with E-state index in [0.717, 1.165) is 22.5 Å². The lowest BCUT2D eigenvalue weighted by Crippen LogP contribution is -2.03. The molecular weight excluding hydrogens is 310 g/mol. The molecule has 3 N–H and O–H groups in total. The van der Waals surface area contributed by atoms with Gasteiger partial charge in [0.25, 0.3) is 0 Å². The third-order valence-electron chi connectivity index (χ3n) is 3.88. The first-order valence-electron chi connectivity index (χ1n) is 8.11. The summed E-state index contributed by atoms with van der Waals surface area (Å²) in [7, 11) is 0. The van der Waals surface area contributed by atoms with Gasteiger partial charge in [0.1, 0.15) is 5.82 Å². The summed E-state index contributed by atoms with van der Waals surface area (Å²) in [5.41, 5.74) is 14.6. The molecule has 1 aromatic heterocycles. The van der Waals surface area contributed by atoms with E-state index in [9.17, 15) is 0 Å². The molecule has 0 bridgehead atoms. The maximum atomic E-state index is 6.05. The van der Waals surface area contributed by atoms with Crippen LogP contribution in [0.15, 0.2) is 59.7 Å². The molecule has 0 radical (unpaired) electrons. The van der Waals surface area contributed by atoms with Crippen LogP contribution in [-0.2, 0) is 0 Å². The van der Waals surface area contributed by atoms with Crippen molar-refractivity contribution in [2.75, 3.05) is 11.2 Å². The number of nitrogen functional groups attached to an aromatic ring is 1. The predicted octanol–water partition coefficient (Wildman–Crippen LogP) is 4.18. The maximum Gasteiger partial charge on any atom is 0.150 e. The van der Waals surface area contributed by atoms with Crippen molar-refractivity contribution in [3.8, 4) is 11.3 Å². The second-order valence-corrected chi connectivity index (χ2v) is 5.95. The summed E-state index contributed by atoms with van der Waals surface area (Å²) in [6.07, 6.45) is 0. The molecule has 5 nitrogen and oxygen atoms in total. The van der Waals surface area contributed by atoms with E-state index in [4.69, 9.17) is 5.73 Å². The number of rotatable bonds is 4. The number of benzene rings is 2. The fourth-order valence-corrected chi connectivity index (χ4v) is 2.49. The van der Waals surface area contributed by atoms with Gasteiger partial charge in [-0.3, -0.25) is 5.43 Å². The number of nitrogens with one attached hydrogen (secondary N) is 1. The second kappa shape index (κ2) is 7.13. The van der Waals surface area contributed by atoms with Crippen LogP contribution in [-0.4, -0.2) is 15.7 Å². The van der Waals surface area contributed by atoms with Gasteiger partial charge in [-0.05, 0) is 32.4 Å². The molecule has 0 unspecified atom stereocenters. The largest absolute Gasteiger partial charge is 0.398 e. The SMILES string of the molecule is C/C(=N\Nc1cc(-c2ccccc2N)nc(C)n1)c1ccc(C)cc1. The molecule has 0 aliphatic carbocycles. The summed E-state index contributed by atoms with van der Waals surface area (Å²) in [5, 5.41) is 4.44. The van der Waals surface area contributed by atoms with Gasteiger partial charge in [0, 0.05) is 17.3 Å². The fraction of sp³-hybridized carbons (Fsp3) is 0.150. The van der Waals surface area contributed by atoms with Crippen molar-refractivity contribution in [3.63, 3.8) is 0 Å². The highest BCUT2D eigenvalue weighted by atomic mass is 15.3. The first-order chi connectivity index (χ1) is 12.0. The van der Waals surface area contributed by atoms with E-state index in [1.807, 2.05) is 44.2 Å². The Morgan fingerprint density at radius 1 is 1.00 bits per heavy atom. The third kappa shape index (κ3) is 4.01. The highest BCUT2D eigenvalue weighted by Crippen LogP contribution is 2.25. The normalized spacial score (nSPS) is 11.4. The molecular formula is C20H21N5. The topological polar surface area (TPSA) is 76.2 Å². The van der Waals surface area contributed by atoms with E-state index >= 15 is 0 Å². The van der Waals surface area contributed by atoms with Crippen molar-refractivity contribution in [3.05, 3.63) is 71.5 Å². The van der Waals surface area contributed by atoms with Crippen LogP contribution in [0.1, 0.15) is 23.9 Å². The van der Waals surface area contributed by atoms with Crippen LogP contribution in [0.25, 0.3) is 11.3 Å². The second-order valence-electron chi connectivity index (χ2n) is 5.95. The minimum Gasteiger partial charge on any atom is -0.398 e. The average Bonchev–Trinajstić information content (AvgIpc) is 2.60. The molecule has 2 aromatic carbocycles. The number of aryl methyl sites for hydroxylation is 2. The van der Waals surface area contributed by atoms with Crippen LogP contribution in [0.3, 0.4) is 0 Å². The lowest BCUT2D eigenvalue weighted by Gasteiger charge is -2.08. The first kappa shape index (κ1) is 16.6. The lowest BCUT2D eigenvalue weighted by molar-refractivity contribution is 1.05. The minimum absolute atomic E-state index is 0.636. The Kier molecular flexibility index (Phi) is 4.75. The summed E-state index contributed by atoms with van der Waals surface area (Å²) >= 11 is 0. The van der Waals surface area contributed by atoms with Crippen molar-refractivity contribution in [1.29, 1.82) is 0 Å². The molecule has 0 spiro atoms. The van der Waals surface area contributed by atoms with E-state index in [1.54, 1.807) is 0 Å². The Morgan fingerprint density at radius 3 is 2.44 bits per heavy atom. The Hall–Kier alpha value is -3.21. The average molecular weight is 331 g/mol. The molecule has 126 valence electrons. The predicted molar refractivity (Wildman–Crippen MR) is 104 cm³/mol. The summed E-state index contributed by atoms with van der Waals surface area (Å²) in [5.74, 6) is 1.30. The van der Waals surface area contributed by atoms with Crippen LogP contribution < -0.4 is 11.2 Å². The van der Waals surface area contributed by atoms with Crippen LogP contribution in [0, 0.1) is 13.8 Å². The number of nitrogens with zero attached hydrogens (tertiary/aromatic N) is 3. The van der Waals surface area contributed by atoms with Crippen molar-refractivity contribution in [2.24, 2.45) is 5.10 Å². The molecule has 0 saturated heterocycles. The molecule has 25 heavy (non-hydrogen) atoms. The molecule has 1 heterocycles. The van der Waals surface area contributed by atoms with Crippen molar-refractivity contribution >= 4 is 17.2 Å². The molecule has 3 aromatic rings. The van der Waals surface area contributed by atoms with Crippen LogP contribution in [0.5, 0.6) is 0 Å². The van der Waals surface area contributed by atoms with E-state index in [-0.39, 0.29) is 0 Å². The molecule has 0 amide bonds. The van der Waals surface area contributed by atoms with Gasteiger partial charge >= 0.3 is 0 Å². The molecule has 0 aliphatic rings. The number of hydrogen-bond donors (Lipinski definition) is 2. The Morgan fingerprint density at radius 2 is 1.72 bits per heavy atom. The molecule has 3 rings (SSSR count). The van der Waals surface area contributed by atoms with Crippen LogP contribution >= 0.6 is 0 Å². The number of hydrazone groups is 1. The molecule has 5 heteroatoms. The van der Waals surface area contributed by atoms with Gasteiger partial charge in [0.2, 0.25) is 0 Å². The zero-order valence-electron chi connectivity index (χ0n) is 14.6. The number of anilines is 2. The van der Waals surface area contributed by atoms with E-state index in [2.05, 4.69) is 51.7 Å².